The quantitative estimate of drug-likeness (QED) is 0.771. The Morgan fingerprint density at radius 3 is 2.52 bits per heavy atom. The standard InChI is InChI=1S/C17H24N2O2/c1-3-13(2)16(17(18)21)19-15(20)12-8-7-11-14-9-5-4-6-10-14/h4-7,9-11,13,16H,3,8,12H2,1-2H3,(H2,18,21)(H,19,20)/b11-7+. The van der Waals surface area contributed by atoms with E-state index in [1.165, 1.54) is 0 Å². The Morgan fingerprint density at radius 2 is 1.95 bits per heavy atom. The number of hydrogen-bond donors (Lipinski definition) is 2. The van der Waals surface area contributed by atoms with Crippen molar-refractivity contribution in [3.8, 4) is 0 Å². The van der Waals surface area contributed by atoms with Crippen molar-refractivity contribution in [1.82, 2.24) is 5.32 Å². The summed E-state index contributed by atoms with van der Waals surface area (Å²) in [4.78, 5) is 23.2. The first-order valence-electron chi connectivity index (χ1n) is 7.34. The molecule has 2 unspecified atom stereocenters. The summed E-state index contributed by atoms with van der Waals surface area (Å²) in [7, 11) is 0. The van der Waals surface area contributed by atoms with E-state index in [1.54, 1.807) is 0 Å². The van der Waals surface area contributed by atoms with Gasteiger partial charge in [0.15, 0.2) is 0 Å². The predicted molar refractivity (Wildman–Crippen MR) is 85.3 cm³/mol. The molecule has 0 bridgehead atoms. The van der Waals surface area contributed by atoms with E-state index in [4.69, 9.17) is 5.73 Å². The van der Waals surface area contributed by atoms with Gasteiger partial charge in [0, 0.05) is 6.42 Å². The van der Waals surface area contributed by atoms with Gasteiger partial charge in [-0.05, 0) is 17.9 Å². The molecule has 4 nitrogen and oxygen atoms in total. The van der Waals surface area contributed by atoms with Crippen molar-refractivity contribution in [2.45, 2.75) is 39.2 Å². The Hall–Kier alpha value is -2.10. The minimum absolute atomic E-state index is 0.0475. The highest BCUT2D eigenvalue weighted by Gasteiger charge is 2.22. The number of carbonyl (C=O) groups is 2. The molecular weight excluding hydrogens is 264 g/mol. The number of primary amides is 1. The van der Waals surface area contributed by atoms with Crippen LogP contribution < -0.4 is 11.1 Å². The minimum Gasteiger partial charge on any atom is -0.368 e. The number of benzene rings is 1. The summed E-state index contributed by atoms with van der Waals surface area (Å²) in [5, 5.41) is 2.72. The second-order valence-electron chi connectivity index (χ2n) is 5.18. The SMILES string of the molecule is CCC(C)C(NC(=O)CC/C=C/c1ccccc1)C(N)=O. The van der Waals surface area contributed by atoms with Crippen LogP contribution in [0.5, 0.6) is 0 Å². The van der Waals surface area contributed by atoms with Crippen molar-refractivity contribution in [3.63, 3.8) is 0 Å². The highest BCUT2D eigenvalue weighted by Crippen LogP contribution is 2.08. The monoisotopic (exact) mass is 288 g/mol. The molecule has 0 aliphatic rings. The molecule has 2 atom stereocenters. The second kappa shape index (κ2) is 8.95. The van der Waals surface area contributed by atoms with Crippen LogP contribution in [0.2, 0.25) is 0 Å². The summed E-state index contributed by atoms with van der Waals surface area (Å²) in [5.41, 5.74) is 6.43. The average Bonchev–Trinajstić information content (AvgIpc) is 2.49. The summed E-state index contributed by atoms with van der Waals surface area (Å²) in [6, 6.07) is 9.32. The first kappa shape index (κ1) is 17.0. The Kier molecular flexibility index (Phi) is 7.23. The van der Waals surface area contributed by atoms with Gasteiger partial charge in [-0.25, -0.2) is 0 Å². The smallest absolute Gasteiger partial charge is 0.240 e. The maximum absolute atomic E-state index is 11.8. The van der Waals surface area contributed by atoms with Gasteiger partial charge in [-0.2, -0.15) is 0 Å². The molecule has 0 saturated carbocycles. The second-order valence-corrected chi connectivity index (χ2v) is 5.18. The van der Waals surface area contributed by atoms with E-state index in [-0.39, 0.29) is 11.8 Å². The van der Waals surface area contributed by atoms with Crippen LogP contribution in [-0.2, 0) is 9.59 Å². The Balaban J connectivity index is 2.39. The van der Waals surface area contributed by atoms with E-state index >= 15 is 0 Å². The fourth-order valence-corrected chi connectivity index (χ4v) is 1.97. The zero-order valence-corrected chi connectivity index (χ0v) is 12.7. The first-order valence-corrected chi connectivity index (χ1v) is 7.34. The van der Waals surface area contributed by atoms with E-state index in [0.717, 1.165) is 12.0 Å². The number of allylic oxidation sites excluding steroid dienone is 1. The van der Waals surface area contributed by atoms with E-state index in [0.29, 0.717) is 12.8 Å². The van der Waals surface area contributed by atoms with Crippen LogP contribution in [0, 0.1) is 5.92 Å². The van der Waals surface area contributed by atoms with Crippen molar-refractivity contribution in [3.05, 3.63) is 42.0 Å². The normalized spacial score (nSPS) is 13.8. The van der Waals surface area contributed by atoms with Gasteiger partial charge in [-0.15, -0.1) is 0 Å². The molecule has 0 saturated heterocycles. The molecule has 21 heavy (non-hydrogen) atoms. The molecule has 0 radical (unpaired) electrons. The molecule has 0 fully saturated rings. The highest BCUT2D eigenvalue weighted by atomic mass is 16.2. The van der Waals surface area contributed by atoms with Crippen LogP contribution in [0.3, 0.4) is 0 Å². The van der Waals surface area contributed by atoms with Crippen LogP contribution in [-0.4, -0.2) is 17.9 Å². The van der Waals surface area contributed by atoms with Gasteiger partial charge < -0.3 is 11.1 Å². The number of rotatable bonds is 8. The molecule has 1 rings (SSSR count). The summed E-state index contributed by atoms with van der Waals surface area (Å²) in [6.45, 7) is 3.88. The van der Waals surface area contributed by atoms with Gasteiger partial charge in [0.25, 0.3) is 0 Å². The molecule has 1 aromatic rings. The lowest BCUT2D eigenvalue weighted by Crippen LogP contribution is -2.48. The molecule has 1 aromatic carbocycles. The molecule has 4 heteroatoms. The Labute approximate surface area is 126 Å². The van der Waals surface area contributed by atoms with Crippen molar-refractivity contribution in [1.29, 1.82) is 0 Å². The van der Waals surface area contributed by atoms with Crippen LogP contribution >= 0.6 is 0 Å². The number of nitrogens with two attached hydrogens (primary N) is 1. The van der Waals surface area contributed by atoms with E-state index in [1.807, 2.05) is 56.3 Å². The molecule has 0 aromatic heterocycles. The van der Waals surface area contributed by atoms with Gasteiger partial charge in [0.2, 0.25) is 11.8 Å². The zero-order valence-electron chi connectivity index (χ0n) is 12.7. The fourth-order valence-electron chi connectivity index (χ4n) is 1.97. The summed E-state index contributed by atoms with van der Waals surface area (Å²) in [5.74, 6) is -0.569. The van der Waals surface area contributed by atoms with Crippen molar-refractivity contribution in [2.24, 2.45) is 11.7 Å². The Morgan fingerprint density at radius 1 is 1.29 bits per heavy atom. The maximum Gasteiger partial charge on any atom is 0.240 e. The van der Waals surface area contributed by atoms with Crippen LogP contribution in [0.25, 0.3) is 6.08 Å². The lowest BCUT2D eigenvalue weighted by atomic mass is 9.98. The molecule has 0 aliphatic carbocycles. The number of nitrogens with one attached hydrogen (secondary N) is 1. The third-order valence-electron chi connectivity index (χ3n) is 3.48. The van der Waals surface area contributed by atoms with Gasteiger partial charge in [0.05, 0.1) is 0 Å². The average molecular weight is 288 g/mol. The van der Waals surface area contributed by atoms with E-state index in [9.17, 15) is 9.59 Å². The minimum atomic E-state index is -0.583. The maximum atomic E-state index is 11.8. The number of carbonyl (C=O) groups excluding carboxylic acids is 2. The van der Waals surface area contributed by atoms with Crippen LogP contribution in [0.4, 0.5) is 0 Å². The van der Waals surface area contributed by atoms with Crippen LogP contribution in [0.15, 0.2) is 36.4 Å². The number of hydrogen-bond acceptors (Lipinski definition) is 2. The first-order chi connectivity index (χ1) is 10.0. The van der Waals surface area contributed by atoms with Gasteiger partial charge in [0.1, 0.15) is 6.04 Å². The highest BCUT2D eigenvalue weighted by molar-refractivity contribution is 5.86. The molecule has 3 N–H and O–H groups in total. The zero-order chi connectivity index (χ0) is 15.7. The van der Waals surface area contributed by atoms with E-state index < -0.39 is 11.9 Å². The van der Waals surface area contributed by atoms with Gasteiger partial charge in [-0.3, -0.25) is 9.59 Å². The van der Waals surface area contributed by atoms with Crippen LogP contribution in [0.1, 0.15) is 38.7 Å². The summed E-state index contributed by atoms with van der Waals surface area (Å²) in [6.07, 6.45) is 5.71. The lowest BCUT2D eigenvalue weighted by Gasteiger charge is -2.20. The molecule has 114 valence electrons. The summed E-state index contributed by atoms with van der Waals surface area (Å²) < 4.78 is 0. The lowest BCUT2D eigenvalue weighted by molar-refractivity contribution is -0.128. The van der Waals surface area contributed by atoms with Gasteiger partial charge >= 0.3 is 0 Å². The third kappa shape index (κ3) is 6.25. The Bertz CT molecular complexity index is 483. The van der Waals surface area contributed by atoms with E-state index in [2.05, 4.69) is 5.32 Å². The van der Waals surface area contributed by atoms with Gasteiger partial charge in [-0.1, -0.05) is 62.8 Å². The molecule has 0 heterocycles. The molecular formula is C17H24N2O2. The molecule has 0 aliphatic heterocycles. The summed E-state index contributed by atoms with van der Waals surface area (Å²) >= 11 is 0. The van der Waals surface area contributed by atoms with Crippen molar-refractivity contribution >= 4 is 17.9 Å². The predicted octanol–water partition coefficient (Wildman–Crippen LogP) is 2.50. The third-order valence-corrected chi connectivity index (χ3v) is 3.48. The fraction of sp³-hybridized carbons (Fsp3) is 0.412. The molecule has 0 spiro atoms. The van der Waals surface area contributed by atoms with Crippen molar-refractivity contribution in [2.75, 3.05) is 0 Å². The van der Waals surface area contributed by atoms with Crippen molar-refractivity contribution < 1.29 is 9.59 Å². The molecule has 2 amide bonds. The largest absolute Gasteiger partial charge is 0.368 e. The topological polar surface area (TPSA) is 72.2 Å². The number of amides is 2.